The fourth-order valence-corrected chi connectivity index (χ4v) is 8.26. The lowest BCUT2D eigenvalue weighted by Gasteiger charge is -2.67. The lowest BCUT2D eigenvalue weighted by atomic mass is 9.44. The topological polar surface area (TPSA) is 172 Å². The number of benzene rings is 1. The van der Waals surface area contributed by atoms with Crippen molar-refractivity contribution in [2.75, 3.05) is 6.61 Å². The zero-order valence-electron chi connectivity index (χ0n) is 27.7. The van der Waals surface area contributed by atoms with E-state index in [1.165, 1.54) is 45.0 Å². The third-order valence-electron chi connectivity index (χ3n) is 10.8. The van der Waals surface area contributed by atoms with Gasteiger partial charge in [0.05, 0.1) is 29.6 Å². The van der Waals surface area contributed by atoms with Crippen molar-refractivity contribution < 1.29 is 84.2 Å². The SMILES string of the molecule is CC(=O)O[C@@]12CO[C@@H]1C[C@H](OC(=O)C(F)(F)F)[C@@]1(C)C(=O)[C@H](OC(=O)C(F)(F)F)C3=C(C)[C@@H](O)C[C@@](O)(C(OC(=O)c4ccccc4)C12)C3(C)C. The first kappa shape index (κ1) is 38.2. The van der Waals surface area contributed by atoms with E-state index in [4.69, 9.17) is 23.7 Å². The van der Waals surface area contributed by atoms with Crippen molar-refractivity contribution in [1.29, 1.82) is 0 Å². The van der Waals surface area contributed by atoms with Gasteiger partial charge in [-0.2, -0.15) is 26.3 Å². The van der Waals surface area contributed by atoms with Gasteiger partial charge in [0.25, 0.3) is 0 Å². The molecule has 0 spiro atoms. The quantitative estimate of drug-likeness (QED) is 0.196. The Labute approximate surface area is 286 Å². The number of Topliss-reactive ketones (excluding diaryl/α,β-unsaturated/α-hetero) is 1. The third kappa shape index (κ3) is 5.88. The number of hydrogen-bond donors (Lipinski definition) is 2. The molecule has 1 aromatic rings. The molecule has 5 rings (SSSR count). The lowest BCUT2D eigenvalue weighted by molar-refractivity contribution is -0.348. The molecule has 9 atom stereocenters. The number of hydrogen-bond acceptors (Lipinski definition) is 12. The Hall–Kier alpha value is -4.03. The van der Waals surface area contributed by atoms with Crippen molar-refractivity contribution >= 4 is 29.7 Å². The summed E-state index contributed by atoms with van der Waals surface area (Å²) >= 11 is 0. The number of ether oxygens (including phenoxy) is 5. The summed E-state index contributed by atoms with van der Waals surface area (Å²) in [7, 11) is 0. The molecule has 3 fully saturated rings. The maximum Gasteiger partial charge on any atom is 0.490 e. The van der Waals surface area contributed by atoms with Gasteiger partial charge >= 0.3 is 36.2 Å². The summed E-state index contributed by atoms with van der Waals surface area (Å²) in [5, 5.41) is 24.2. The van der Waals surface area contributed by atoms with E-state index < -0.39 is 126 Å². The first-order valence-corrected chi connectivity index (χ1v) is 15.6. The number of fused-ring (bicyclic) bond motifs is 5. The highest BCUT2D eigenvalue weighted by molar-refractivity contribution is 5.96. The van der Waals surface area contributed by atoms with E-state index in [1.54, 1.807) is 6.07 Å². The van der Waals surface area contributed by atoms with Crippen LogP contribution in [0.5, 0.6) is 0 Å². The number of aliphatic hydroxyl groups excluding tert-OH is 1. The van der Waals surface area contributed by atoms with Gasteiger partial charge < -0.3 is 33.9 Å². The van der Waals surface area contributed by atoms with Crippen LogP contribution >= 0.6 is 0 Å². The smallest absolute Gasteiger partial charge is 0.455 e. The maximum atomic E-state index is 15.1. The Morgan fingerprint density at radius 1 is 0.922 bits per heavy atom. The molecule has 2 bridgehead atoms. The van der Waals surface area contributed by atoms with Crippen LogP contribution in [0.1, 0.15) is 57.8 Å². The molecule has 2 unspecified atom stereocenters. The van der Waals surface area contributed by atoms with E-state index in [2.05, 4.69) is 0 Å². The van der Waals surface area contributed by atoms with E-state index in [9.17, 15) is 55.7 Å². The number of alkyl halides is 6. The van der Waals surface area contributed by atoms with Crippen LogP contribution in [0.4, 0.5) is 26.3 Å². The summed E-state index contributed by atoms with van der Waals surface area (Å²) in [5.41, 5.74) is -10.7. The van der Waals surface area contributed by atoms with Gasteiger partial charge in [-0.3, -0.25) is 9.59 Å². The summed E-state index contributed by atoms with van der Waals surface area (Å²) in [6.45, 7) is 4.75. The summed E-state index contributed by atoms with van der Waals surface area (Å²) < 4.78 is 109. The summed E-state index contributed by atoms with van der Waals surface area (Å²) in [4.78, 5) is 66.4. The second-order valence-corrected chi connectivity index (χ2v) is 13.9. The van der Waals surface area contributed by atoms with Crippen molar-refractivity contribution in [3.63, 3.8) is 0 Å². The molecule has 0 amide bonds. The average Bonchev–Trinajstić information content (AvgIpc) is 3.01. The molecule has 3 aliphatic carbocycles. The number of halogens is 6. The molecule has 18 heteroatoms. The van der Waals surface area contributed by atoms with Gasteiger partial charge in [0, 0.05) is 25.2 Å². The van der Waals surface area contributed by atoms with E-state index in [-0.39, 0.29) is 11.1 Å². The van der Waals surface area contributed by atoms with Crippen molar-refractivity contribution in [3.05, 3.63) is 47.0 Å². The van der Waals surface area contributed by atoms with Crippen LogP contribution in [0.25, 0.3) is 0 Å². The molecule has 4 aliphatic rings. The Kier molecular flexibility index (Phi) is 9.21. The molecular weight excluding hydrogens is 702 g/mol. The number of carbonyl (C=O) groups excluding carboxylic acids is 5. The highest BCUT2D eigenvalue weighted by Gasteiger charge is 2.79. The van der Waals surface area contributed by atoms with Crippen molar-refractivity contribution in [1.82, 2.24) is 0 Å². The number of carbonyl (C=O) groups is 5. The molecule has 0 radical (unpaired) electrons. The molecule has 1 saturated heterocycles. The average molecular weight is 737 g/mol. The molecule has 2 saturated carbocycles. The summed E-state index contributed by atoms with van der Waals surface area (Å²) in [6, 6.07) is 7.03. The van der Waals surface area contributed by atoms with Crippen LogP contribution in [-0.2, 0) is 42.9 Å². The third-order valence-corrected chi connectivity index (χ3v) is 10.8. The Morgan fingerprint density at radius 2 is 1.49 bits per heavy atom. The van der Waals surface area contributed by atoms with E-state index in [1.807, 2.05) is 0 Å². The van der Waals surface area contributed by atoms with Crippen LogP contribution in [0.15, 0.2) is 41.5 Å². The summed E-state index contributed by atoms with van der Waals surface area (Å²) in [5.74, 6) is -11.6. The van der Waals surface area contributed by atoms with Gasteiger partial charge in [0.1, 0.15) is 23.9 Å². The molecular formula is C33H34F6O12. The van der Waals surface area contributed by atoms with Crippen molar-refractivity contribution in [2.45, 2.75) is 102 Å². The number of ketones is 1. The van der Waals surface area contributed by atoms with Gasteiger partial charge in [-0.1, -0.05) is 32.0 Å². The fourth-order valence-electron chi connectivity index (χ4n) is 8.26. The fraction of sp³-hybridized carbons (Fsp3) is 0.606. The Morgan fingerprint density at radius 3 is 2.00 bits per heavy atom. The van der Waals surface area contributed by atoms with E-state index in [0.717, 1.165) is 13.8 Å². The molecule has 280 valence electrons. The normalized spacial score (nSPS) is 35.9. The van der Waals surface area contributed by atoms with Crippen LogP contribution in [0.3, 0.4) is 0 Å². The molecule has 1 aliphatic heterocycles. The molecule has 1 aromatic carbocycles. The Bertz CT molecular complexity index is 1670. The van der Waals surface area contributed by atoms with Crippen LogP contribution in [0, 0.1) is 16.7 Å². The first-order valence-electron chi connectivity index (χ1n) is 15.6. The van der Waals surface area contributed by atoms with Gasteiger partial charge in [-0.05, 0) is 37.1 Å². The van der Waals surface area contributed by atoms with Crippen LogP contribution in [0.2, 0.25) is 0 Å². The van der Waals surface area contributed by atoms with Gasteiger partial charge in [0.15, 0.2) is 17.5 Å². The van der Waals surface area contributed by atoms with E-state index >= 15 is 4.79 Å². The largest absolute Gasteiger partial charge is 0.490 e. The lowest BCUT2D eigenvalue weighted by Crippen LogP contribution is -2.82. The van der Waals surface area contributed by atoms with Crippen molar-refractivity contribution in [3.8, 4) is 0 Å². The van der Waals surface area contributed by atoms with Gasteiger partial charge in [-0.25, -0.2) is 14.4 Å². The molecule has 1 heterocycles. The number of esters is 4. The molecule has 0 aromatic heterocycles. The molecule has 12 nitrogen and oxygen atoms in total. The predicted molar refractivity (Wildman–Crippen MR) is 155 cm³/mol. The highest BCUT2D eigenvalue weighted by atomic mass is 19.4. The van der Waals surface area contributed by atoms with Crippen molar-refractivity contribution in [2.24, 2.45) is 16.7 Å². The van der Waals surface area contributed by atoms with E-state index in [0.29, 0.717) is 0 Å². The standard InChI is InChI=1S/C33H34F6O12/c1-14-17(41)12-31(46)24(50-25(43)16-9-7-6-8-10-16)22-29(5,23(42)21(20(14)28(31,3)4)49-27(45)33(37,38)39)18(48-26(44)32(34,35)36)11-19-30(22,13-47-19)51-15(2)40/h6-10,17-19,21-22,24,41,46H,11-13H2,1-5H3/t17-,18-,19+,21+,22?,24?,29+,30-,31+/m0/s1. The second-order valence-electron chi connectivity index (χ2n) is 13.9. The monoisotopic (exact) mass is 736 g/mol. The molecule has 2 N–H and O–H groups in total. The minimum atomic E-state index is -5.72. The number of aliphatic hydroxyl groups is 2. The van der Waals surface area contributed by atoms with Crippen LogP contribution < -0.4 is 0 Å². The summed E-state index contributed by atoms with van der Waals surface area (Å²) in [6.07, 6.45) is -23.4. The number of rotatable bonds is 5. The van der Waals surface area contributed by atoms with Crippen LogP contribution in [-0.4, -0.2) is 101 Å². The minimum Gasteiger partial charge on any atom is -0.455 e. The van der Waals surface area contributed by atoms with Gasteiger partial charge in [0.2, 0.25) is 0 Å². The predicted octanol–water partition coefficient (Wildman–Crippen LogP) is 3.31. The zero-order valence-corrected chi connectivity index (χ0v) is 27.7. The first-order chi connectivity index (χ1) is 23.3. The second kappa shape index (κ2) is 12.3. The Balaban J connectivity index is 1.88. The zero-order chi connectivity index (χ0) is 38.3. The highest BCUT2D eigenvalue weighted by Crippen LogP contribution is 2.65. The minimum absolute atomic E-state index is 0.131. The molecule has 51 heavy (non-hydrogen) atoms. The maximum absolute atomic E-state index is 15.1. The van der Waals surface area contributed by atoms with Gasteiger partial charge in [-0.15, -0.1) is 0 Å².